The van der Waals surface area contributed by atoms with Gasteiger partial charge in [-0.25, -0.2) is 4.68 Å². The number of amides is 1. The zero-order valence-electron chi connectivity index (χ0n) is 19.1. The van der Waals surface area contributed by atoms with Crippen molar-refractivity contribution in [3.63, 3.8) is 0 Å². The average Bonchev–Trinajstić information content (AvgIpc) is 3.16. The maximum Gasteiger partial charge on any atom is 0.274 e. The minimum Gasteiger partial charge on any atom is -0.334 e. The summed E-state index contributed by atoms with van der Waals surface area (Å²) in [6, 6.07) is 8.05. The quantitative estimate of drug-likeness (QED) is 0.524. The standard InChI is InChI=1S/C23H33N5O3/c1-6-7-12-26(19-15-22(2,3)25-23(4,5)16-19)21(29)20-11-13-27(24-20)17-9-8-10-18(14-17)28(30)31/h8-11,13-14,19,25H,6-7,12,15-16H2,1-5H3. The minimum absolute atomic E-state index is 0.00961. The normalized spacial score (nSPS) is 18.0. The number of non-ortho nitro benzene ring substituents is 1. The summed E-state index contributed by atoms with van der Waals surface area (Å²) in [6.07, 6.45) is 5.36. The van der Waals surface area contributed by atoms with Gasteiger partial charge in [-0.3, -0.25) is 14.9 Å². The van der Waals surface area contributed by atoms with Gasteiger partial charge in [0, 0.05) is 42.0 Å². The molecule has 0 spiro atoms. The van der Waals surface area contributed by atoms with Gasteiger partial charge in [0.15, 0.2) is 5.69 Å². The molecule has 1 amide bonds. The van der Waals surface area contributed by atoms with Crippen LogP contribution in [0, 0.1) is 10.1 Å². The average molecular weight is 428 g/mol. The van der Waals surface area contributed by atoms with Crippen LogP contribution in [0.1, 0.15) is 70.8 Å². The molecular weight excluding hydrogens is 394 g/mol. The van der Waals surface area contributed by atoms with Crippen molar-refractivity contribution in [2.75, 3.05) is 6.54 Å². The number of piperidine rings is 1. The summed E-state index contributed by atoms with van der Waals surface area (Å²) < 4.78 is 1.52. The van der Waals surface area contributed by atoms with Crippen LogP contribution >= 0.6 is 0 Å². The third-order valence-corrected chi connectivity index (χ3v) is 5.74. The van der Waals surface area contributed by atoms with Gasteiger partial charge in [-0.2, -0.15) is 5.10 Å². The van der Waals surface area contributed by atoms with E-state index in [0.29, 0.717) is 17.9 Å². The van der Waals surface area contributed by atoms with E-state index in [-0.39, 0.29) is 28.7 Å². The van der Waals surface area contributed by atoms with E-state index in [4.69, 9.17) is 0 Å². The Morgan fingerprint density at radius 1 is 1.26 bits per heavy atom. The van der Waals surface area contributed by atoms with E-state index < -0.39 is 4.92 Å². The monoisotopic (exact) mass is 427 g/mol. The van der Waals surface area contributed by atoms with E-state index in [0.717, 1.165) is 25.7 Å². The largest absolute Gasteiger partial charge is 0.334 e. The van der Waals surface area contributed by atoms with Gasteiger partial charge in [0.1, 0.15) is 0 Å². The molecule has 168 valence electrons. The highest BCUT2D eigenvalue weighted by Gasteiger charge is 2.41. The zero-order valence-corrected chi connectivity index (χ0v) is 19.1. The molecule has 1 saturated heterocycles. The number of hydrogen-bond donors (Lipinski definition) is 1. The second kappa shape index (κ2) is 8.78. The molecule has 3 rings (SSSR count). The molecule has 31 heavy (non-hydrogen) atoms. The fourth-order valence-electron chi connectivity index (χ4n) is 4.75. The van der Waals surface area contributed by atoms with Crippen LogP contribution in [-0.2, 0) is 0 Å². The lowest BCUT2D eigenvalue weighted by molar-refractivity contribution is -0.384. The Kier molecular flexibility index (Phi) is 6.50. The van der Waals surface area contributed by atoms with E-state index in [1.807, 2.05) is 4.90 Å². The first-order valence-corrected chi connectivity index (χ1v) is 10.9. The number of nitrogens with one attached hydrogen (secondary N) is 1. The Balaban J connectivity index is 1.87. The predicted octanol–water partition coefficient (Wildman–Crippen LogP) is 4.33. The van der Waals surface area contributed by atoms with Gasteiger partial charge in [0.2, 0.25) is 0 Å². The molecule has 1 aliphatic heterocycles. The fourth-order valence-corrected chi connectivity index (χ4v) is 4.75. The van der Waals surface area contributed by atoms with Crippen molar-refractivity contribution in [3.05, 3.63) is 52.3 Å². The number of nitro groups is 1. The van der Waals surface area contributed by atoms with Crippen molar-refractivity contribution >= 4 is 11.6 Å². The molecule has 0 aliphatic carbocycles. The van der Waals surface area contributed by atoms with Crippen LogP contribution in [0.4, 0.5) is 5.69 Å². The summed E-state index contributed by atoms with van der Waals surface area (Å²) in [7, 11) is 0. The van der Waals surface area contributed by atoms with Gasteiger partial charge in [0.25, 0.3) is 11.6 Å². The first kappa shape index (κ1) is 22.9. The van der Waals surface area contributed by atoms with Crippen LogP contribution in [0.25, 0.3) is 5.69 Å². The van der Waals surface area contributed by atoms with E-state index in [1.54, 1.807) is 24.4 Å². The maximum atomic E-state index is 13.5. The molecule has 1 aromatic carbocycles. The summed E-state index contributed by atoms with van der Waals surface area (Å²) in [4.78, 5) is 26.1. The Morgan fingerprint density at radius 2 is 1.94 bits per heavy atom. The molecule has 1 fully saturated rings. The Hall–Kier alpha value is -2.74. The highest BCUT2D eigenvalue weighted by molar-refractivity contribution is 5.92. The lowest BCUT2D eigenvalue weighted by atomic mass is 9.79. The van der Waals surface area contributed by atoms with Crippen molar-refractivity contribution in [2.45, 2.75) is 77.4 Å². The molecule has 8 nitrogen and oxygen atoms in total. The van der Waals surface area contributed by atoms with Crippen molar-refractivity contribution in [1.82, 2.24) is 20.0 Å². The van der Waals surface area contributed by atoms with Crippen LogP contribution in [0.5, 0.6) is 0 Å². The molecule has 1 aromatic heterocycles. The predicted molar refractivity (Wildman–Crippen MR) is 120 cm³/mol. The van der Waals surface area contributed by atoms with E-state index >= 15 is 0 Å². The maximum absolute atomic E-state index is 13.5. The molecule has 0 radical (unpaired) electrons. The van der Waals surface area contributed by atoms with Crippen LogP contribution in [0.3, 0.4) is 0 Å². The third-order valence-electron chi connectivity index (χ3n) is 5.74. The molecule has 1 N–H and O–H groups in total. The number of aromatic nitrogens is 2. The van der Waals surface area contributed by atoms with E-state index in [2.05, 4.69) is 45.0 Å². The number of carbonyl (C=O) groups is 1. The lowest BCUT2D eigenvalue weighted by Crippen LogP contribution is -2.63. The summed E-state index contributed by atoms with van der Waals surface area (Å²) in [5, 5.41) is 19.2. The second-order valence-electron chi connectivity index (χ2n) is 9.73. The summed E-state index contributed by atoms with van der Waals surface area (Å²) >= 11 is 0. The first-order chi connectivity index (χ1) is 14.5. The van der Waals surface area contributed by atoms with Gasteiger partial charge in [-0.1, -0.05) is 19.4 Å². The SMILES string of the molecule is CCCCN(C(=O)c1ccn(-c2cccc([N+](=O)[O-])c2)n1)C1CC(C)(C)NC(C)(C)C1. The number of benzene rings is 1. The molecule has 2 aromatic rings. The van der Waals surface area contributed by atoms with E-state index in [1.165, 1.54) is 16.8 Å². The molecule has 0 saturated carbocycles. The molecular formula is C23H33N5O3. The molecule has 2 heterocycles. The number of carbonyl (C=O) groups excluding carboxylic acids is 1. The summed E-state index contributed by atoms with van der Waals surface area (Å²) in [5.74, 6) is -0.0869. The smallest absolute Gasteiger partial charge is 0.274 e. The van der Waals surface area contributed by atoms with Crippen molar-refractivity contribution in [1.29, 1.82) is 0 Å². The molecule has 0 atom stereocenters. The highest BCUT2D eigenvalue weighted by Crippen LogP contribution is 2.32. The minimum atomic E-state index is -0.438. The Labute approximate surface area is 183 Å². The molecule has 1 aliphatic rings. The van der Waals surface area contributed by atoms with Gasteiger partial charge >= 0.3 is 0 Å². The number of hydrogen-bond acceptors (Lipinski definition) is 5. The molecule has 0 unspecified atom stereocenters. The lowest BCUT2D eigenvalue weighted by Gasteiger charge is -2.49. The first-order valence-electron chi connectivity index (χ1n) is 10.9. The highest BCUT2D eigenvalue weighted by atomic mass is 16.6. The van der Waals surface area contributed by atoms with Crippen molar-refractivity contribution in [3.8, 4) is 5.69 Å². The number of unbranched alkanes of at least 4 members (excludes halogenated alkanes) is 1. The molecule has 0 bridgehead atoms. The van der Waals surface area contributed by atoms with Crippen LogP contribution in [0.15, 0.2) is 36.5 Å². The number of nitrogens with zero attached hydrogens (tertiary/aromatic N) is 4. The van der Waals surface area contributed by atoms with Crippen LogP contribution in [0.2, 0.25) is 0 Å². The van der Waals surface area contributed by atoms with E-state index in [9.17, 15) is 14.9 Å². The molecule has 8 heteroatoms. The Bertz CT molecular complexity index is 934. The van der Waals surface area contributed by atoms with Gasteiger partial charge in [-0.05, 0) is 59.1 Å². The number of nitro benzene ring substituents is 1. The van der Waals surface area contributed by atoms with Gasteiger partial charge < -0.3 is 10.2 Å². The summed E-state index contributed by atoms with van der Waals surface area (Å²) in [5.41, 5.74) is 0.762. The van der Waals surface area contributed by atoms with Gasteiger partial charge in [-0.15, -0.1) is 0 Å². The Morgan fingerprint density at radius 3 is 2.55 bits per heavy atom. The fraction of sp³-hybridized carbons (Fsp3) is 0.565. The van der Waals surface area contributed by atoms with Crippen LogP contribution < -0.4 is 5.32 Å². The number of rotatable bonds is 7. The van der Waals surface area contributed by atoms with Crippen LogP contribution in [-0.4, -0.2) is 49.2 Å². The van der Waals surface area contributed by atoms with Crippen molar-refractivity contribution < 1.29 is 9.72 Å². The van der Waals surface area contributed by atoms with Crippen molar-refractivity contribution in [2.24, 2.45) is 0 Å². The topological polar surface area (TPSA) is 93.3 Å². The zero-order chi connectivity index (χ0) is 22.8. The summed E-state index contributed by atoms with van der Waals surface area (Å²) in [6.45, 7) is 11.5. The third kappa shape index (κ3) is 5.50. The second-order valence-corrected chi connectivity index (χ2v) is 9.73. The van der Waals surface area contributed by atoms with Gasteiger partial charge in [0.05, 0.1) is 10.6 Å².